The highest BCUT2D eigenvalue weighted by atomic mass is 32.2. The fourth-order valence-electron chi connectivity index (χ4n) is 2.36. The Morgan fingerprint density at radius 3 is 2.42 bits per heavy atom. The number of sulfone groups is 1. The minimum absolute atomic E-state index is 0.0156. The van der Waals surface area contributed by atoms with Crippen molar-refractivity contribution in [3.63, 3.8) is 0 Å². The molecular weight excluding hydrogens is 354 g/mol. The number of rotatable bonds is 7. The second kappa shape index (κ2) is 8.62. The van der Waals surface area contributed by atoms with Gasteiger partial charge in [-0.15, -0.1) is 0 Å². The van der Waals surface area contributed by atoms with Crippen molar-refractivity contribution in [2.45, 2.75) is 24.2 Å². The zero-order valence-electron chi connectivity index (χ0n) is 14.6. The van der Waals surface area contributed by atoms with Crippen LogP contribution < -0.4 is 5.32 Å². The number of carbonyl (C=O) groups excluding carboxylic acids is 2. The number of hydrogen-bond acceptors (Lipinski definition) is 5. The number of benzene rings is 2. The van der Waals surface area contributed by atoms with E-state index in [0.717, 1.165) is 11.8 Å². The lowest BCUT2D eigenvalue weighted by molar-refractivity contribution is -0.147. The summed E-state index contributed by atoms with van der Waals surface area (Å²) in [6, 6.07) is 15.4. The third kappa shape index (κ3) is 6.00. The molecular formula is C19H21NO5S. The minimum atomic E-state index is -3.36. The Kier molecular flexibility index (Phi) is 6.52. The second-order valence-corrected chi connectivity index (χ2v) is 8.04. The lowest BCUT2D eigenvalue weighted by atomic mass is 9.98. The molecule has 0 fully saturated rings. The lowest BCUT2D eigenvalue weighted by Crippen LogP contribution is -2.21. The van der Waals surface area contributed by atoms with Crippen LogP contribution in [0.4, 0.5) is 5.69 Å². The van der Waals surface area contributed by atoms with Crippen molar-refractivity contribution in [1.29, 1.82) is 0 Å². The lowest BCUT2D eigenvalue weighted by Gasteiger charge is -2.11. The van der Waals surface area contributed by atoms with E-state index in [0.29, 0.717) is 5.69 Å². The molecule has 0 radical (unpaired) electrons. The highest BCUT2D eigenvalue weighted by Crippen LogP contribution is 2.19. The maximum atomic E-state index is 11.9. The van der Waals surface area contributed by atoms with E-state index < -0.39 is 28.3 Å². The van der Waals surface area contributed by atoms with Crippen molar-refractivity contribution in [2.75, 3.05) is 18.2 Å². The van der Waals surface area contributed by atoms with Crippen molar-refractivity contribution in [1.82, 2.24) is 0 Å². The molecule has 0 unspecified atom stereocenters. The molecule has 26 heavy (non-hydrogen) atoms. The molecule has 0 saturated heterocycles. The van der Waals surface area contributed by atoms with Gasteiger partial charge in [-0.25, -0.2) is 8.42 Å². The summed E-state index contributed by atoms with van der Waals surface area (Å²) in [6.07, 6.45) is 1.25. The monoisotopic (exact) mass is 375 g/mol. The maximum absolute atomic E-state index is 11.9. The van der Waals surface area contributed by atoms with Gasteiger partial charge in [-0.05, 0) is 29.7 Å². The van der Waals surface area contributed by atoms with E-state index in [1.54, 1.807) is 6.07 Å². The smallest absolute Gasteiger partial charge is 0.306 e. The van der Waals surface area contributed by atoms with Gasteiger partial charge in [-0.1, -0.05) is 43.3 Å². The van der Waals surface area contributed by atoms with Crippen molar-refractivity contribution < 1.29 is 22.7 Å². The molecule has 0 aliphatic heterocycles. The topological polar surface area (TPSA) is 89.5 Å². The quantitative estimate of drug-likeness (QED) is 0.752. The SMILES string of the molecule is C[C@@H](CC(=O)OCC(=O)Nc1cccc(S(C)(=O)=O)c1)c1ccccc1. The summed E-state index contributed by atoms with van der Waals surface area (Å²) in [7, 11) is -3.36. The molecule has 2 aromatic rings. The number of hydrogen-bond donors (Lipinski definition) is 1. The molecule has 1 atom stereocenters. The van der Waals surface area contributed by atoms with Crippen LogP contribution in [0.1, 0.15) is 24.8 Å². The molecule has 2 rings (SSSR count). The molecule has 1 N–H and O–H groups in total. The molecule has 0 aromatic heterocycles. The van der Waals surface area contributed by atoms with Crippen molar-refractivity contribution in [3.8, 4) is 0 Å². The van der Waals surface area contributed by atoms with Gasteiger partial charge in [0.1, 0.15) is 0 Å². The number of ether oxygens (including phenoxy) is 1. The summed E-state index contributed by atoms with van der Waals surface area (Å²) in [5.74, 6) is -1.02. The molecule has 0 aliphatic carbocycles. The largest absolute Gasteiger partial charge is 0.456 e. The summed E-state index contributed by atoms with van der Waals surface area (Å²) in [6.45, 7) is 1.48. The number of nitrogens with one attached hydrogen (secondary N) is 1. The van der Waals surface area contributed by atoms with Crippen LogP contribution in [0.2, 0.25) is 0 Å². The standard InChI is InChI=1S/C19H21NO5S/c1-14(15-7-4-3-5-8-15)11-19(22)25-13-18(21)20-16-9-6-10-17(12-16)26(2,23)24/h3-10,12,14H,11,13H2,1-2H3,(H,20,21)/t14-/m0/s1. The average molecular weight is 375 g/mol. The van der Waals surface area contributed by atoms with E-state index in [1.807, 2.05) is 37.3 Å². The van der Waals surface area contributed by atoms with E-state index in [-0.39, 0.29) is 17.2 Å². The predicted octanol–water partition coefficient (Wildman–Crippen LogP) is 2.77. The number of anilines is 1. The first-order valence-electron chi connectivity index (χ1n) is 8.06. The fourth-order valence-corrected chi connectivity index (χ4v) is 3.02. The van der Waals surface area contributed by atoms with Crippen LogP contribution in [-0.2, 0) is 24.2 Å². The van der Waals surface area contributed by atoms with Gasteiger partial charge in [0, 0.05) is 11.9 Å². The van der Waals surface area contributed by atoms with Crippen LogP contribution in [0.5, 0.6) is 0 Å². The van der Waals surface area contributed by atoms with Gasteiger partial charge >= 0.3 is 5.97 Å². The Bertz CT molecular complexity index is 878. The molecule has 0 saturated carbocycles. The van der Waals surface area contributed by atoms with E-state index in [4.69, 9.17) is 4.74 Å². The van der Waals surface area contributed by atoms with E-state index in [2.05, 4.69) is 5.32 Å². The fraction of sp³-hybridized carbons (Fsp3) is 0.263. The molecule has 0 aliphatic rings. The molecule has 7 heteroatoms. The summed E-state index contributed by atoms with van der Waals surface area (Å²) in [5, 5.41) is 2.51. The van der Waals surface area contributed by atoms with E-state index in [1.165, 1.54) is 18.2 Å². The van der Waals surface area contributed by atoms with Gasteiger partial charge in [-0.3, -0.25) is 9.59 Å². The molecule has 6 nitrogen and oxygen atoms in total. The third-order valence-corrected chi connectivity index (χ3v) is 4.86. The molecule has 2 aromatic carbocycles. The van der Waals surface area contributed by atoms with Gasteiger partial charge in [-0.2, -0.15) is 0 Å². The third-order valence-electron chi connectivity index (χ3n) is 3.75. The summed E-state index contributed by atoms with van der Waals surface area (Å²) >= 11 is 0. The Morgan fingerprint density at radius 2 is 1.77 bits per heavy atom. The Labute approximate surface area is 153 Å². The van der Waals surface area contributed by atoms with Gasteiger partial charge in [0.15, 0.2) is 16.4 Å². The normalized spacial score (nSPS) is 12.2. The van der Waals surface area contributed by atoms with Crippen LogP contribution in [0.25, 0.3) is 0 Å². The van der Waals surface area contributed by atoms with Gasteiger partial charge < -0.3 is 10.1 Å². The number of esters is 1. The van der Waals surface area contributed by atoms with Crippen LogP contribution >= 0.6 is 0 Å². The number of amides is 1. The summed E-state index contributed by atoms with van der Waals surface area (Å²) in [5.41, 5.74) is 1.35. The minimum Gasteiger partial charge on any atom is -0.456 e. The van der Waals surface area contributed by atoms with Crippen molar-refractivity contribution >= 4 is 27.4 Å². The predicted molar refractivity (Wildman–Crippen MR) is 98.6 cm³/mol. The van der Waals surface area contributed by atoms with E-state index in [9.17, 15) is 18.0 Å². The first kappa shape index (κ1) is 19.7. The highest BCUT2D eigenvalue weighted by Gasteiger charge is 2.14. The second-order valence-electron chi connectivity index (χ2n) is 6.02. The Balaban J connectivity index is 1.84. The molecule has 0 bridgehead atoms. The molecule has 0 heterocycles. The average Bonchev–Trinajstić information content (AvgIpc) is 2.60. The van der Waals surface area contributed by atoms with Gasteiger partial charge in [0.2, 0.25) is 0 Å². The first-order valence-corrected chi connectivity index (χ1v) is 9.95. The van der Waals surface area contributed by atoms with Gasteiger partial charge in [0.25, 0.3) is 5.91 Å². The van der Waals surface area contributed by atoms with Crippen LogP contribution in [0.15, 0.2) is 59.5 Å². The highest BCUT2D eigenvalue weighted by molar-refractivity contribution is 7.90. The number of carbonyl (C=O) groups is 2. The molecule has 0 spiro atoms. The van der Waals surface area contributed by atoms with Gasteiger partial charge in [0.05, 0.1) is 11.3 Å². The van der Waals surface area contributed by atoms with Crippen LogP contribution in [0.3, 0.4) is 0 Å². The Hall–Kier alpha value is -2.67. The van der Waals surface area contributed by atoms with Crippen LogP contribution in [-0.4, -0.2) is 33.2 Å². The van der Waals surface area contributed by atoms with Crippen molar-refractivity contribution in [2.24, 2.45) is 0 Å². The maximum Gasteiger partial charge on any atom is 0.306 e. The van der Waals surface area contributed by atoms with Crippen LogP contribution in [0, 0.1) is 0 Å². The summed E-state index contributed by atoms with van der Waals surface area (Å²) in [4.78, 5) is 23.9. The molecule has 1 amide bonds. The first-order chi connectivity index (χ1) is 12.3. The van der Waals surface area contributed by atoms with E-state index >= 15 is 0 Å². The summed E-state index contributed by atoms with van der Waals surface area (Å²) < 4.78 is 28.0. The zero-order chi connectivity index (χ0) is 19.2. The Morgan fingerprint density at radius 1 is 1.08 bits per heavy atom. The molecule has 138 valence electrons. The van der Waals surface area contributed by atoms with Crippen molar-refractivity contribution in [3.05, 3.63) is 60.2 Å². The zero-order valence-corrected chi connectivity index (χ0v) is 15.5.